The van der Waals surface area contributed by atoms with Crippen LogP contribution in [0.15, 0.2) is 91.0 Å². The Balaban J connectivity index is 1.57. The third-order valence-corrected chi connectivity index (χ3v) is 4.49. The number of carbonyl (C=O) groups excluding carboxylic acids is 1. The standard InChI is InChI=1S/C26H25NO5/c28-25(29)17-9-18-31-24-16-7-10-21(20-24)11-8-19-32-26(30)27(22-12-3-1-4-13-22)23-14-5-2-6-15-23/h1-8,10-16,20H,9,17-19H2,(H,28,29)/b11-8-. The van der Waals surface area contributed by atoms with Crippen LogP contribution in [0.25, 0.3) is 6.08 Å². The van der Waals surface area contributed by atoms with E-state index in [1.807, 2.05) is 91.0 Å². The zero-order valence-electron chi connectivity index (χ0n) is 17.6. The molecule has 0 saturated heterocycles. The lowest BCUT2D eigenvalue weighted by atomic mass is 10.2. The highest BCUT2D eigenvalue weighted by Gasteiger charge is 2.18. The number of ether oxygens (including phenoxy) is 2. The molecule has 0 aliphatic heterocycles. The zero-order valence-corrected chi connectivity index (χ0v) is 17.6. The van der Waals surface area contributed by atoms with Gasteiger partial charge in [0.15, 0.2) is 0 Å². The van der Waals surface area contributed by atoms with Gasteiger partial charge in [0.25, 0.3) is 0 Å². The number of hydrogen-bond donors (Lipinski definition) is 1. The van der Waals surface area contributed by atoms with Crippen LogP contribution in [0.3, 0.4) is 0 Å². The first-order chi connectivity index (χ1) is 15.6. The number of benzene rings is 3. The minimum atomic E-state index is -0.835. The molecule has 0 aliphatic carbocycles. The van der Waals surface area contributed by atoms with Crippen LogP contribution in [0.4, 0.5) is 16.2 Å². The molecule has 0 bridgehead atoms. The lowest BCUT2D eigenvalue weighted by Crippen LogP contribution is -2.26. The van der Waals surface area contributed by atoms with Crippen LogP contribution in [0.2, 0.25) is 0 Å². The summed E-state index contributed by atoms with van der Waals surface area (Å²) in [6.45, 7) is 0.449. The number of amides is 1. The van der Waals surface area contributed by atoms with Crippen molar-refractivity contribution < 1.29 is 24.2 Å². The molecule has 3 aromatic carbocycles. The number of anilines is 2. The molecule has 0 spiro atoms. The quantitative estimate of drug-likeness (QED) is 0.403. The average molecular weight is 431 g/mol. The number of rotatable bonds is 10. The van der Waals surface area contributed by atoms with Gasteiger partial charge in [0.2, 0.25) is 0 Å². The van der Waals surface area contributed by atoms with E-state index in [1.165, 1.54) is 4.90 Å². The Morgan fingerprint density at radius 3 is 2.16 bits per heavy atom. The monoisotopic (exact) mass is 431 g/mol. The van der Waals surface area contributed by atoms with Gasteiger partial charge in [0.05, 0.1) is 18.0 Å². The van der Waals surface area contributed by atoms with E-state index in [0.717, 1.165) is 16.9 Å². The summed E-state index contributed by atoms with van der Waals surface area (Å²) in [6.07, 6.45) is 3.66. The summed E-state index contributed by atoms with van der Waals surface area (Å²) in [7, 11) is 0. The molecule has 6 heteroatoms. The highest BCUT2D eigenvalue weighted by atomic mass is 16.6. The van der Waals surface area contributed by atoms with E-state index >= 15 is 0 Å². The SMILES string of the molecule is O=C(O)CCCOc1cccc(/C=C\COC(=O)N(c2ccccc2)c2ccccc2)c1. The Bertz CT molecular complexity index is 995. The Morgan fingerprint density at radius 1 is 0.875 bits per heavy atom. The minimum absolute atomic E-state index is 0.0773. The lowest BCUT2D eigenvalue weighted by molar-refractivity contribution is -0.137. The van der Waals surface area contributed by atoms with Crippen LogP contribution < -0.4 is 9.64 Å². The molecule has 1 N–H and O–H groups in total. The number of aliphatic carboxylic acids is 1. The molecule has 0 unspecified atom stereocenters. The number of carboxylic acids is 1. The average Bonchev–Trinajstić information content (AvgIpc) is 2.81. The normalized spacial score (nSPS) is 10.6. The molecule has 0 aromatic heterocycles. The van der Waals surface area contributed by atoms with E-state index in [0.29, 0.717) is 18.8 Å². The molecule has 0 atom stereocenters. The highest BCUT2D eigenvalue weighted by molar-refractivity contribution is 5.95. The van der Waals surface area contributed by atoms with Crippen molar-refractivity contribution in [1.29, 1.82) is 0 Å². The first-order valence-corrected chi connectivity index (χ1v) is 10.3. The van der Waals surface area contributed by atoms with Crippen LogP contribution in [-0.2, 0) is 9.53 Å². The maximum atomic E-state index is 12.8. The first kappa shape index (κ1) is 22.6. The topological polar surface area (TPSA) is 76.1 Å². The summed E-state index contributed by atoms with van der Waals surface area (Å²) in [5.41, 5.74) is 2.33. The second-order valence-electron chi connectivity index (χ2n) is 6.90. The van der Waals surface area contributed by atoms with E-state index < -0.39 is 12.1 Å². The van der Waals surface area contributed by atoms with Gasteiger partial charge >= 0.3 is 12.1 Å². The van der Waals surface area contributed by atoms with Crippen molar-refractivity contribution in [2.75, 3.05) is 18.1 Å². The zero-order chi connectivity index (χ0) is 22.6. The van der Waals surface area contributed by atoms with Gasteiger partial charge in [-0.1, -0.05) is 54.6 Å². The van der Waals surface area contributed by atoms with Crippen molar-refractivity contribution in [3.05, 3.63) is 96.6 Å². The van der Waals surface area contributed by atoms with E-state index in [2.05, 4.69) is 0 Å². The van der Waals surface area contributed by atoms with Gasteiger partial charge < -0.3 is 14.6 Å². The van der Waals surface area contributed by atoms with Crippen molar-refractivity contribution in [3.63, 3.8) is 0 Å². The van der Waals surface area contributed by atoms with E-state index in [-0.39, 0.29) is 13.0 Å². The fourth-order valence-electron chi connectivity index (χ4n) is 3.00. The molecule has 3 aromatic rings. The van der Waals surface area contributed by atoms with Gasteiger partial charge in [0.1, 0.15) is 12.4 Å². The van der Waals surface area contributed by atoms with Gasteiger partial charge in [0, 0.05) is 6.42 Å². The van der Waals surface area contributed by atoms with Crippen LogP contribution in [0.1, 0.15) is 18.4 Å². The van der Waals surface area contributed by atoms with Gasteiger partial charge in [-0.15, -0.1) is 0 Å². The summed E-state index contributed by atoms with van der Waals surface area (Å²) in [6, 6.07) is 26.1. The van der Waals surface area contributed by atoms with Crippen LogP contribution in [0.5, 0.6) is 5.75 Å². The maximum Gasteiger partial charge on any atom is 0.419 e. The molecule has 0 heterocycles. The molecule has 6 nitrogen and oxygen atoms in total. The summed E-state index contributed by atoms with van der Waals surface area (Å²) in [5.74, 6) is -0.174. The highest BCUT2D eigenvalue weighted by Crippen LogP contribution is 2.25. The Labute approximate surface area is 187 Å². The molecule has 3 rings (SSSR count). The van der Waals surface area contributed by atoms with Crippen LogP contribution >= 0.6 is 0 Å². The van der Waals surface area contributed by atoms with E-state index in [9.17, 15) is 9.59 Å². The molecule has 1 amide bonds. The van der Waals surface area contributed by atoms with Gasteiger partial charge in [-0.3, -0.25) is 4.79 Å². The van der Waals surface area contributed by atoms with Crippen molar-refractivity contribution in [2.24, 2.45) is 0 Å². The molecule has 164 valence electrons. The Morgan fingerprint density at radius 2 is 1.53 bits per heavy atom. The van der Waals surface area contributed by atoms with Gasteiger partial charge in [-0.05, 0) is 54.5 Å². The fraction of sp³-hybridized carbons (Fsp3) is 0.154. The van der Waals surface area contributed by atoms with Crippen LogP contribution in [-0.4, -0.2) is 30.4 Å². The Kier molecular flexibility index (Phi) is 8.45. The molecule has 0 fully saturated rings. The predicted molar refractivity (Wildman–Crippen MR) is 124 cm³/mol. The summed E-state index contributed by atoms with van der Waals surface area (Å²) >= 11 is 0. The van der Waals surface area contributed by atoms with Gasteiger partial charge in [-0.2, -0.15) is 0 Å². The molecule has 0 saturated carbocycles. The summed E-state index contributed by atoms with van der Waals surface area (Å²) in [4.78, 5) is 24.9. The summed E-state index contributed by atoms with van der Waals surface area (Å²) in [5, 5.41) is 8.67. The third-order valence-electron chi connectivity index (χ3n) is 4.49. The second kappa shape index (κ2) is 12.0. The van der Waals surface area contributed by atoms with Crippen molar-refractivity contribution in [3.8, 4) is 5.75 Å². The summed E-state index contributed by atoms with van der Waals surface area (Å²) < 4.78 is 11.1. The predicted octanol–water partition coefficient (Wildman–Crippen LogP) is 5.92. The number of para-hydroxylation sites is 2. The van der Waals surface area contributed by atoms with Crippen molar-refractivity contribution in [1.82, 2.24) is 0 Å². The van der Waals surface area contributed by atoms with Crippen molar-refractivity contribution >= 4 is 29.5 Å². The number of carbonyl (C=O) groups is 2. The molecule has 0 radical (unpaired) electrons. The largest absolute Gasteiger partial charge is 0.494 e. The van der Waals surface area contributed by atoms with E-state index in [1.54, 1.807) is 6.08 Å². The third kappa shape index (κ3) is 7.02. The first-order valence-electron chi connectivity index (χ1n) is 10.3. The smallest absolute Gasteiger partial charge is 0.419 e. The van der Waals surface area contributed by atoms with Crippen molar-refractivity contribution in [2.45, 2.75) is 12.8 Å². The number of nitrogens with zero attached hydrogens (tertiary/aromatic N) is 1. The molecular formula is C26H25NO5. The van der Waals surface area contributed by atoms with Gasteiger partial charge in [-0.25, -0.2) is 9.69 Å². The second-order valence-corrected chi connectivity index (χ2v) is 6.90. The molecular weight excluding hydrogens is 406 g/mol. The maximum absolute atomic E-state index is 12.8. The number of hydrogen-bond acceptors (Lipinski definition) is 4. The fourth-order valence-corrected chi connectivity index (χ4v) is 3.00. The Hall–Kier alpha value is -4.06. The van der Waals surface area contributed by atoms with Crippen LogP contribution in [0, 0.1) is 0 Å². The number of carboxylic acid groups (broad SMARTS) is 1. The minimum Gasteiger partial charge on any atom is -0.494 e. The van der Waals surface area contributed by atoms with E-state index in [4.69, 9.17) is 14.6 Å². The lowest BCUT2D eigenvalue weighted by Gasteiger charge is -2.22. The molecule has 32 heavy (non-hydrogen) atoms. The molecule has 0 aliphatic rings.